The van der Waals surface area contributed by atoms with Gasteiger partial charge in [-0.2, -0.15) is 4.31 Å². The standard InChI is InChI=1S/C10H20N2O4S2/c1-9-8-12(5-4-11-9)18(15,16)10-2-6-17(13,14)7-3-10/h9-11H,2-8H2,1H3/t9-/m0/s1. The highest BCUT2D eigenvalue weighted by Crippen LogP contribution is 2.23. The van der Waals surface area contributed by atoms with E-state index in [1.165, 1.54) is 4.31 Å². The Morgan fingerprint density at radius 3 is 2.39 bits per heavy atom. The summed E-state index contributed by atoms with van der Waals surface area (Å²) in [6, 6.07) is 0.154. The third-order valence-electron chi connectivity index (χ3n) is 3.61. The first-order valence-electron chi connectivity index (χ1n) is 6.24. The number of piperazine rings is 1. The second-order valence-electron chi connectivity index (χ2n) is 5.11. The van der Waals surface area contributed by atoms with Gasteiger partial charge < -0.3 is 5.32 Å². The molecule has 0 spiro atoms. The molecule has 0 unspecified atom stereocenters. The number of rotatable bonds is 2. The van der Waals surface area contributed by atoms with Crippen molar-refractivity contribution >= 4 is 19.9 Å². The van der Waals surface area contributed by atoms with Crippen LogP contribution in [-0.2, 0) is 19.9 Å². The van der Waals surface area contributed by atoms with Gasteiger partial charge in [-0.3, -0.25) is 0 Å². The van der Waals surface area contributed by atoms with Crippen molar-refractivity contribution in [2.24, 2.45) is 0 Å². The zero-order valence-electron chi connectivity index (χ0n) is 10.5. The maximum Gasteiger partial charge on any atom is 0.217 e. The molecular weight excluding hydrogens is 276 g/mol. The van der Waals surface area contributed by atoms with Gasteiger partial charge in [0, 0.05) is 25.7 Å². The Labute approximate surface area is 109 Å². The first kappa shape index (κ1) is 14.2. The van der Waals surface area contributed by atoms with Crippen molar-refractivity contribution in [3.05, 3.63) is 0 Å². The van der Waals surface area contributed by atoms with Crippen LogP contribution in [0.15, 0.2) is 0 Å². The summed E-state index contributed by atoms with van der Waals surface area (Å²) in [5.41, 5.74) is 0. The van der Waals surface area contributed by atoms with Crippen LogP contribution in [0.3, 0.4) is 0 Å². The lowest BCUT2D eigenvalue weighted by molar-refractivity contribution is 0.306. The van der Waals surface area contributed by atoms with E-state index in [0.29, 0.717) is 19.6 Å². The Balaban J connectivity index is 2.07. The first-order valence-corrected chi connectivity index (χ1v) is 9.56. The molecule has 6 nitrogen and oxygen atoms in total. The van der Waals surface area contributed by atoms with Gasteiger partial charge in [-0.25, -0.2) is 16.8 Å². The van der Waals surface area contributed by atoms with E-state index in [-0.39, 0.29) is 30.4 Å². The van der Waals surface area contributed by atoms with Crippen molar-refractivity contribution in [3.63, 3.8) is 0 Å². The second-order valence-corrected chi connectivity index (χ2v) is 9.63. The summed E-state index contributed by atoms with van der Waals surface area (Å²) in [5.74, 6) is -0.00290. The third-order valence-corrected chi connectivity index (χ3v) is 7.70. The van der Waals surface area contributed by atoms with Crippen molar-refractivity contribution in [2.45, 2.75) is 31.1 Å². The Morgan fingerprint density at radius 1 is 1.22 bits per heavy atom. The lowest BCUT2D eigenvalue weighted by Gasteiger charge is -2.34. The van der Waals surface area contributed by atoms with Gasteiger partial charge in [-0.05, 0) is 19.8 Å². The van der Waals surface area contributed by atoms with E-state index >= 15 is 0 Å². The van der Waals surface area contributed by atoms with E-state index in [1.807, 2.05) is 6.92 Å². The quantitative estimate of drug-likeness (QED) is 0.720. The molecule has 1 atom stereocenters. The van der Waals surface area contributed by atoms with E-state index in [0.717, 1.165) is 0 Å². The number of hydrogen-bond donors (Lipinski definition) is 1. The largest absolute Gasteiger partial charge is 0.312 e. The van der Waals surface area contributed by atoms with Crippen LogP contribution in [0.4, 0.5) is 0 Å². The number of hydrogen-bond acceptors (Lipinski definition) is 5. The minimum absolute atomic E-state index is 0.00145. The first-order chi connectivity index (χ1) is 8.31. The summed E-state index contributed by atoms with van der Waals surface area (Å²) in [6.45, 7) is 3.57. The molecule has 2 rings (SSSR count). The molecule has 18 heavy (non-hydrogen) atoms. The van der Waals surface area contributed by atoms with E-state index < -0.39 is 25.1 Å². The molecule has 2 saturated heterocycles. The number of sulfonamides is 1. The zero-order chi connectivity index (χ0) is 13.4. The third kappa shape index (κ3) is 3.04. The number of sulfone groups is 1. The molecule has 0 aromatic heterocycles. The van der Waals surface area contributed by atoms with Gasteiger partial charge in [0.25, 0.3) is 0 Å². The number of nitrogens with one attached hydrogen (secondary N) is 1. The van der Waals surface area contributed by atoms with Crippen molar-refractivity contribution < 1.29 is 16.8 Å². The molecule has 0 aliphatic carbocycles. The summed E-state index contributed by atoms with van der Waals surface area (Å²) < 4.78 is 49.0. The zero-order valence-corrected chi connectivity index (χ0v) is 12.1. The molecule has 0 aromatic carbocycles. The highest BCUT2D eigenvalue weighted by atomic mass is 32.2. The molecule has 0 aromatic rings. The van der Waals surface area contributed by atoms with Crippen molar-refractivity contribution in [3.8, 4) is 0 Å². The van der Waals surface area contributed by atoms with Crippen LogP contribution < -0.4 is 5.32 Å². The van der Waals surface area contributed by atoms with Gasteiger partial charge in [0.1, 0.15) is 9.84 Å². The average molecular weight is 296 g/mol. The van der Waals surface area contributed by atoms with Gasteiger partial charge in [0.05, 0.1) is 16.8 Å². The monoisotopic (exact) mass is 296 g/mol. The minimum atomic E-state index is -3.34. The molecule has 2 fully saturated rings. The summed E-state index contributed by atoms with van der Waals surface area (Å²) in [5, 5.41) is 2.68. The van der Waals surface area contributed by atoms with Crippen LogP contribution in [0.2, 0.25) is 0 Å². The maximum absolute atomic E-state index is 12.4. The van der Waals surface area contributed by atoms with E-state index in [4.69, 9.17) is 0 Å². The summed E-state index contributed by atoms with van der Waals surface area (Å²) in [6.07, 6.45) is 0.478. The molecule has 1 N–H and O–H groups in total. The Bertz CT molecular complexity index is 486. The molecule has 0 saturated carbocycles. The Kier molecular flexibility index (Phi) is 4.01. The summed E-state index contributed by atoms with van der Waals surface area (Å²) >= 11 is 0. The molecule has 0 bridgehead atoms. The van der Waals surface area contributed by atoms with E-state index in [9.17, 15) is 16.8 Å². The summed E-state index contributed by atoms with van der Waals surface area (Å²) in [4.78, 5) is 0. The Morgan fingerprint density at radius 2 is 1.83 bits per heavy atom. The van der Waals surface area contributed by atoms with Crippen LogP contribution in [0.5, 0.6) is 0 Å². The van der Waals surface area contributed by atoms with Crippen LogP contribution in [0, 0.1) is 0 Å². The molecule has 0 radical (unpaired) electrons. The molecule has 2 aliphatic heterocycles. The smallest absolute Gasteiger partial charge is 0.217 e. The van der Waals surface area contributed by atoms with Gasteiger partial charge >= 0.3 is 0 Å². The summed E-state index contributed by atoms with van der Waals surface area (Å²) in [7, 11) is -6.35. The fourth-order valence-corrected chi connectivity index (χ4v) is 6.33. The SMILES string of the molecule is C[C@H]1CN(S(=O)(=O)C2CCS(=O)(=O)CC2)CCN1. The van der Waals surface area contributed by atoms with Gasteiger partial charge in [-0.15, -0.1) is 0 Å². The average Bonchev–Trinajstić information content (AvgIpc) is 2.28. The molecule has 2 aliphatic rings. The van der Waals surface area contributed by atoms with Crippen LogP contribution in [-0.4, -0.2) is 63.6 Å². The molecule has 106 valence electrons. The molecule has 2 heterocycles. The van der Waals surface area contributed by atoms with Crippen LogP contribution >= 0.6 is 0 Å². The van der Waals surface area contributed by atoms with Gasteiger partial charge in [-0.1, -0.05) is 0 Å². The lowest BCUT2D eigenvalue weighted by Crippen LogP contribution is -2.54. The fourth-order valence-electron chi connectivity index (χ4n) is 2.51. The lowest BCUT2D eigenvalue weighted by atomic mass is 10.2. The molecular formula is C10H20N2O4S2. The highest BCUT2D eigenvalue weighted by molar-refractivity contribution is 7.92. The minimum Gasteiger partial charge on any atom is -0.312 e. The maximum atomic E-state index is 12.4. The number of nitrogens with zero attached hydrogens (tertiary/aromatic N) is 1. The normalized spacial score (nSPS) is 31.3. The predicted molar refractivity (Wildman–Crippen MR) is 69.6 cm³/mol. The van der Waals surface area contributed by atoms with Gasteiger partial charge in [0.2, 0.25) is 10.0 Å². The Hall–Kier alpha value is -0.180. The van der Waals surface area contributed by atoms with Crippen LogP contribution in [0.1, 0.15) is 19.8 Å². The van der Waals surface area contributed by atoms with E-state index in [2.05, 4.69) is 5.32 Å². The highest BCUT2D eigenvalue weighted by Gasteiger charge is 2.37. The van der Waals surface area contributed by atoms with E-state index in [1.54, 1.807) is 0 Å². The topological polar surface area (TPSA) is 83.6 Å². The van der Waals surface area contributed by atoms with Crippen molar-refractivity contribution in [1.29, 1.82) is 0 Å². The molecule has 0 amide bonds. The van der Waals surface area contributed by atoms with Gasteiger partial charge in [0.15, 0.2) is 0 Å². The van der Waals surface area contributed by atoms with Crippen LogP contribution in [0.25, 0.3) is 0 Å². The fraction of sp³-hybridized carbons (Fsp3) is 1.00. The van der Waals surface area contributed by atoms with Crippen molar-refractivity contribution in [2.75, 3.05) is 31.1 Å². The molecule has 8 heteroatoms. The van der Waals surface area contributed by atoms with Crippen molar-refractivity contribution in [1.82, 2.24) is 9.62 Å². The second kappa shape index (κ2) is 5.07. The predicted octanol–water partition coefficient (Wildman–Crippen LogP) is -0.813.